The van der Waals surface area contributed by atoms with Crippen molar-refractivity contribution in [2.75, 3.05) is 30.1 Å². The van der Waals surface area contributed by atoms with Gasteiger partial charge >= 0.3 is 5.97 Å². The average molecular weight is 425 g/mol. The fraction of sp³-hybridized carbons (Fsp3) is 0.227. The van der Waals surface area contributed by atoms with E-state index in [9.17, 15) is 9.59 Å². The van der Waals surface area contributed by atoms with Crippen LogP contribution in [0.3, 0.4) is 0 Å². The molecule has 0 radical (unpaired) electrons. The number of carbonyl (C=O) groups excluding carboxylic acids is 1. The predicted octanol–water partition coefficient (Wildman–Crippen LogP) is 3.48. The molecule has 1 atom stereocenters. The monoisotopic (exact) mass is 424 g/mol. The minimum atomic E-state index is -0.925. The van der Waals surface area contributed by atoms with Crippen molar-refractivity contribution in [3.05, 3.63) is 71.4 Å². The number of rotatable bonds is 6. The zero-order chi connectivity index (χ0) is 21.7. The number of thioether (sulfide) groups is 1. The molecule has 1 heterocycles. The number of amides is 1. The second-order valence-electron chi connectivity index (χ2n) is 6.99. The van der Waals surface area contributed by atoms with E-state index >= 15 is 0 Å². The lowest BCUT2D eigenvalue weighted by molar-refractivity contribution is -0.133. The summed E-state index contributed by atoms with van der Waals surface area (Å²) in [7, 11) is 3.92. The van der Waals surface area contributed by atoms with Crippen LogP contribution in [-0.2, 0) is 9.59 Å². The van der Waals surface area contributed by atoms with Crippen LogP contribution in [0.25, 0.3) is 0 Å². The smallest absolute Gasteiger partial charge is 0.313 e. The van der Waals surface area contributed by atoms with E-state index in [2.05, 4.69) is 15.6 Å². The molecule has 156 valence electrons. The quantitative estimate of drug-likeness (QED) is 0.657. The Labute approximate surface area is 179 Å². The number of aliphatic imine (C=N–C) groups is 1. The first-order valence-corrected chi connectivity index (χ1v) is 10.4. The third-order valence-electron chi connectivity index (χ3n) is 4.55. The van der Waals surface area contributed by atoms with Crippen LogP contribution >= 0.6 is 11.8 Å². The number of aliphatic carboxylic acids is 1. The number of anilines is 2. The summed E-state index contributed by atoms with van der Waals surface area (Å²) < 4.78 is 0. The number of hydrogen-bond acceptors (Lipinski definition) is 6. The van der Waals surface area contributed by atoms with E-state index in [1.807, 2.05) is 73.6 Å². The molecule has 1 aliphatic heterocycles. The van der Waals surface area contributed by atoms with Gasteiger partial charge in [-0.05, 0) is 36.8 Å². The molecule has 2 aromatic carbocycles. The van der Waals surface area contributed by atoms with Crippen LogP contribution < -0.4 is 15.5 Å². The van der Waals surface area contributed by atoms with Gasteiger partial charge in [-0.3, -0.25) is 9.59 Å². The number of carbonyl (C=O) groups is 2. The topological polar surface area (TPSA) is 94.0 Å². The van der Waals surface area contributed by atoms with Crippen molar-refractivity contribution in [3.8, 4) is 0 Å². The molecule has 7 nitrogen and oxygen atoms in total. The summed E-state index contributed by atoms with van der Waals surface area (Å²) in [4.78, 5) is 30.7. The lowest BCUT2D eigenvalue weighted by Gasteiger charge is -2.26. The van der Waals surface area contributed by atoms with Gasteiger partial charge in [0, 0.05) is 31.2 Å². The first-order chi connectivity index (χ1) is 14.3. The molecule has 0 saturated carbocycles. The SMILES string of the molecule is CC1=C(C(=O)Nc2ccccc2)[C@H](c2ccc(N(C)C)cc2)N=C(SCC(=O)O)N1. The van der Waals surface area contributed by atoms with E-state index in [1.165, 1.54) is 0 Å². The highest BCUT2D eigenvalue weighted by molar-refractivity contribution is 8.14. The molecule has 2 aromatic rings. The van der Waals surface area contributed by atoms with Gasteiger partial charge in [-0.15, -0.1) is 0 Å². The van der Waals surface area contributed by atoms with Crippen molar-refractivity contribution in [3.63, 3.8) is 0 Å². The van der Waals surface area contributed by atoms with Crippen LogP contribution in [0.5, 0.6) is 0 Å². The lowest BCUT2D eigenvalue weighted by Crippen LogP contribution is -2.32. The number of hydrogen-bond donors (Lipinski definition) is 3. The molecule has 0 bridgehead atoms. The van der Waals surface area contributed by atoms with Crippen LogP contribution in [0, 0.1) is 0 Å². The van der Waals surface area contributed by atoms with Gasteiger partial charge in [0.1, 0.15) is 6.04 Å². The molecular weight excluding hydrogens is 400 g/mol. The minimum Gasteiger partial charge on any atom is -0.481 e. The number of para-hydroxylation sites is 1. The number of nitrogens with zero attached hydrogens (tertiary/aromatic N) is 2. The number of amidine groups is 1. The molecule has 3 rings (SSSR count). The Balaban J connectivity index is 1.94. The lowest BCUT2D eigenvalue weighted by atomic mass is 9.95. The molecule has 3 N–H and O–H groups in total. The largest absolute Gasteiger partial charge is 0.481 e. The molecule has 0 saturated heterocycles. The van der Waals surface area contributed by atoms with Gasteiger partial charge in [-0.25, -0.2) is 4.99 Å². The summed E-state index contributed by atoms with van der Waals surface area (Å²) in [5.41, 5.74) is 3.73. The highest BCUT2D eigenvalue weighted by Gasteiger charge is 2.29. The Morgan fingerprint density at radius 3 is 2.40 bits per heavy atom. The molecule has 0 aromatic heterocycles. The van der Waals surface area contributed by atoms with Gasteiger partial charge in [-0.2, -0.15) is 0 Å². The number of allylic oxidation sites excluding steroid dienone is 1. The Morgan fingerprint density at radius 1 is 1.13 bits per heavy atom. The first kappa shape index (κ1) is 21.4. The number of carboxylic acid groups (broad SMARTS) is 1. The number of benzene rings is 2. The van der Waals surface area contributed by atoms with E-state index < -0.39 is 12.0 Å². The molecule has 0 spiro atoms. The predicted molar refractivity (Wildman–Crippen MR) is 122 cm³/mol. The van der Waals surface area contributed by atoms with Crippen LogP contribution in [0.15, 0.2) is 70.9 Å². The molecule has 1 amide bonds. The van der Waals surface area contributed by atoms with Gasteiger partial charge in [0.25, 0.3) is 5.91 Å². The van der Waals surface area contributed by atoms with Crippen molar-refractivity contribution in [1.82, 2.24) is 5.32 Å². The zero-order valence-corrected chi connectivity index (χ0v) is 17.9. The van der Waals surface area contributed by atoms with Gasteiger partial charge in [0.05, 0.1) is 11.3 Å². The van der Waals surface area contributed by atoms with E-state index in [0.29, 0.717) is 22.1 Å². The summed E-state index contributed by atoms with van der Waals surface area (Å²) in [5.74, 6) is -1.29. The van der Waals surface area contributed by atoms with Crippen LogP contribution in [0.2, 0.25) is 0 Å². The maximum Gasteiger partial charge on any atom is 0.313 e. The summed E-state index contributed by atoms with van der Waals surface area (Å²) in [6, 6.07) is 16.5. The Hall–Kier alpha value is -3.26. The van der Waals surface area contributed by atoms with Gasteiger partial charge < -0.3 is 20.6 Å². The maximum atomic E-state index is 13.1. The summed E-state index contributed by atoms with van der Waals surface area (Å²) in [6.45, 7) is 1.80. The number of carboxylic acids is 1. The fourth-order valence-electron chi connectivity index (χ4n) is 3.06. The normalized spacial score (nSPS) is 15.8. The maximum absolute atomic E-state index is 13.1. The van der Waals surface area contributed by atoms with Crippen molar-refractivity contribution in [2.45, 2.75) is 13.0 Å². The highest BCUT2D eigenvalue weighted by Crippen LogP contribution is 2.33. The van der Waals surface area contributed by atoms with Gasteiger partial charge in [0.15, 0.2) is 5.17 Å². The average Bonchev–Trinajstić information content (AvgIpc) is 2.72. The van der Waals surface area contributed by atoms with Crippen LogP contribution in [0.1, 0.15) is 18.5 Å². The minimum absolute atomic E-state index is 0.114. The third kappa shape index (κ3) is 5.21. The summed E-state index contributed by atoms with van der Waals surface area (Å²) >= 11 is 1.10. The second-order valence-corrected chi connectivity index (χ2v) is 7.95. The molecule has 0 aliphatic carbocycles. The van der Waals surface area contributed by atoms with Crippen molar-refractivity contribution in [2.24, 2.45) is 4.99 Å². The molecule has 30 heavy (non-hydrogen) atoms. The van der Waals surface area contributed by atoms with Crippen LogP contribution in [0.4, 0.5) is 11.4 Å². The van der Waals surface area contributed by atoms with Crippen LogP contribution in [-0.4, -0.2) is 42.0 Å². The van der Waals surface area contributed by atoms with Crippen molar-refractivity contribution < 1.29 is 14.7 Å². The molecule has 8 heteroatoms. The summed E-state index contributed by atoms with van der Waals surface area (Å²) in [5, 5.41) is 15.5. The van der Waals surface area contributed by atoms with E-state index in [4.69, 9.17) is 5.11 Å². The van der Waals surface area contributed by atoms with Gasteiger partial charge in [-0.1, -0.05) is 42.1 Å². The van der Waals surface area contributed by atoms with E-state index in [0.717, 1.165) is 23.0 Å². The fourth-order valence-corrected chi connectivity index (χ4v) is 3.73. The first-order valence-electron chi connectivity index (χ1n) is 9.39. The third-order valence-corrected chi connectivity index (χ3v) is 5.42. The molecule has 1 aliphatic rings. The molecular formula is C22H24N4O3S. The second kappa shape index (κ2) is 9.49. The highest BCUT2D eigenvalue weighted by atomic mass is 32.2. The van der Waals surface area contributed by atoms with Crippen molar-refractivity contribution >= 4 is 40.2 Å². The summed E-state index contributed by atoms with van der Waals surface area (Å²) in [6.07, 6.45) is 0. The van der Waals surface area contributed by atoms with Crippen molar-refractivity contribution in [1.29, 1.82) is 0 Å². The standard InChI is InChI=1S/C22H24N4O3S/c1-14-19(21(29)24-16-7-5-4-6-8-16)20(25-22(23-14)30-13-18(27)28)15-9-11-17(12-10-15)26(2)3/h4-12,20H,13H2,1-3H3,(H,23,25)(H,24,29)(H,27,28)/t20-/m0/s1. The zero-order valence-electron chi connectivity index (χ0n) is 17.0. The Kier molecular flexibility index (Phi) is 6.79. The van der Waals surface area contributed by atoms with E-state index in [-0.39, 0.29) is 11.7 Å². The Bertz CT molecular complexity index is 985. The molecule has 0 unspecified atom stereocenters. The number of nitrogens with one attached hydrogen (secondary N) is 2. The van der Waals surface area contributed by atoms with E-state index in [1.54, 1.807) is 6.92 Å². The Morgan fingerprint density at radius 2 is 1.80 bits per heavy atom. The molecule has 0 fully saturated rings. The van der Waals surface area contributed by atoms with Gasteiger partial charge in [0.2, 0.25) is 0 Å².